The minimum Gasteiger partial charge on any atom is -0.487 e. The van der Waals surface area contributed by atoms with Gasteiger partial charge in [0.1, 0.15) is 11.4 Å². The summed E-state index contributed by atoms with van der Waals surface area (Å²) < 4.78 is 6.33. The highest BCUT2D eigenvalue weighted by Crippen LogP contribution is 2.49. The zero-order valence-electron chi connectivity index (χ0n) is 11.5. The van der Waals surface area contributed by atoms with E-state index in [4.69, 9.17) is 16.3 Å². The maximum absolute atomic E-state index is 10.4. The molecule has 1 spiro atoms. The number of hydrogen-bond donors (Lipinski definition) is 1. The molecule has 1 heterocycles. The molecule has 4 atom stereocenters. The lowest BCUT2D eigenvalue weighted by molar-refractivity contribution is -0.0802. The second kappa shape index (κ2) is 4.68. The van der Waals surface area contributed by atoms with Crippen LogP contribution in [0.15, 0.2) is 18.2 Å². The van der Waals surface area contributed by atoms with Crippen molar-refractivity contribution < 1.29 is 9.84 Å². The Morgan fingerprint density at radius 1 is 1.37 bits per heavy atom. The molecule has 104 valence electrons. The highest BCUT2D eigenvalue weighted by atomic mass is 35.5. The molecule has 2 nitrogen and oxygen atoms in total. The first kappa shape index (κ1) is 13.3. The lowest BCUT2D eigenvalue weighted by atomic mass is 9.68. The van der Waals surface area contributed by atoms with Gasteiger partial charge in [-0.3, -0.25) is 0 Å². The Hall–Kier alpha value is -0.730. The normalized spacial score (nSPS) is 37.8. The van der Waals surface area contributed by atoms with Crippen molar-refractivity contribution in [1.29, 1.82) is 0 Å². The van der Waals surface area contributed by atoms with Gasteiger partial charge in [-0.2, -0.15) is 0 Å². The molecule has 0 amide bonds. The quantitative estimate of drug-likeness (QED) is 0.765. The highest BCUT2D eigenvalue weighted by molar-refractivity contribution is 6.30. The average molecular weight is 281 g/mol. The molecule has 0 aromatic heterocycles. The fourth-order valence-electron chi connectivity index (χ4n) is 3.70. The van der Waals surface area contributed by atoms with Gasteiger partial charge in [-0.15, -0.1) is 0 Å². The van der Waals surface area contributed by atoms with Crippen LogP contribution in [0.5, 0.6) is 5.75 Å². The van der Waals surface area contributed by atoms with E-state index in [1.807, 2.05) is 18.2 Å². The Kier molecular flexibility index (Phi) is 3.26. The third-order valence-corrected chi connectivity index (χ3v) is 5.13. The molecule has 2 aliphatic rings. The van der Waals surface area contributed by atoms with E-state index in [2.05, 4.69) is 13.8 Å². The molecule has 1 fully saturated rings. The van der Waals surface area contributed by atoms with Crippen molar-refractivity contribution in [2.75, 3.05) is 0 Å². The topological polar surface area (TPSA) is 29.5 Å². The summed E-state index contributed by atoms with van der Waals surface area (Å²) in [6, 6.07) is 5.55. The van der Waals surface area contributed by atoms with Gasteiger partial charge in [0.15, 0.2) is 0 Å². The molecule has 19 heavy (non-hydrogen) atoms. The fraction of sp³-hybridized carbons (Fsp3) is 0.625. The van der Waals surface area contributed by atoms with Gasteiger partial charge in [0.05, 0.1) is 6.10 Å². The van der Waals surface area contributed by atoms with E-state index in [9.17, 15) is 5.11 Å². The van der Waals surface area contributed by atoms with Gasteiger partial charge in [-0.25, -0.2) is 0 Å². The van der Waals surface area contributed by atoms with E-state index < -0.39 is 6.10 Å². The van der Waals surface area contributed by atoms with E-state index in [0.717, 1.165) is 23.7 Å². The summed E-state index contributed by atoms with van der Waals surface area (Å²) in [5.41, 5.74) is 0.649. The van der Waals surface area contributed by atoms with Crippen molar-refractivity contribution in [3.8, 4) is 5.75 Å². The third-order valence-electron chi connectivity index (χ3n) is 4.90. The number of fused-ring (bicyclic) bond motifs is 1. The van der Waals surface area contributed by atoms with E-state index in [1.165, 1.54) is 12.8 Å². The molecule has 0 bridgehead atoms. The highest BCUT2D eigenvalue weighted by Gasteiger charge is 2.47. The summed E-state index contributed by atoms with van der Waals surface area (Å²) in [4.78, 5) is 0. The van der Waals surface area contributed by atoms with Crippen LogP contribution in [0.4, 0.5) is 0 Å². The Labute approximate surface area is 119 Å². The summed E-state index contributed by atoms with van der Waals surface area (Å²) in [5, 5.41) is 11.1. The van der Waals surface area contributed by atoms with Gasteiger partial charge < -0.3 is 9.84 Å². The van der Waals surface area contributed by atoms with Crippen LogP contribution in [0.3, 0.4) is 0 Å². The Balaban J connectivity index is 1.94. The van der Waals surface area contributed by atoms with Crippen LogP contribution < -0.4 is 4.74 Å². The van der Waals surface area contributed by atoms with Gasteiger partial charge >= 0.3 is 0 Å². The van der Waals surface area contributed by atoms with Gasteiger partial charge in [-0.1, -0.05) is 25.4 Å². The Morgan fingerprint density at radius 2 is 2.16 bits per heavy atom. The molecule has 1 aliphatic heterocycles. The van der Waals surface area contributed by atoms with E-state index in [-0.39, 0.29) is 5.60 Å². The first-order chi connectivity index (χ1) is 9.00. The Morgan fingerprint density at radius 3 is 2.89 bits per heavy atom. The largest absolute Gasteiger partial charge is 0.487 e. The first-order valence-electron chi connectivity index (χ1n) is 7.17. The predicted molar refractivity (Wildman–Crippen MR) is 76.6 cm³/mol. The van der Waals surface area contributed by atoms with Crippen LogP contribution in [0.25, 0.3) is 0 Å². The van der Waals surface area contributed by atoms with Crippen LogP contribution >= 0.6 is 11.6 Å². The molecular weight excluding hydrogens is 260 g/mol. The van der Waals surface area contributed by atoms with Crippen molar-refractivity contribution in [2.24, 2.45) is 11.8 Å². The molecule has 3 rings (SSSR count). The number of aliphatic hydroxyl groups excluding tert-OH is 1. The van der Waals surface area contributed by atoms with Crippen LogP contribution in [0.2, 0.25) is 5.02 Å². The lowest BCUT2D eigenvalue weighted by Gasteiger charge is -2.48. The summed E-state index contributed by atoms with van der Waals surface area (Å²) >= 11 is 6.00. The molecule has 1 N–H and O–H groups in total. The van der Waals surface area contributed by atoms with Crippen LogP contribution in [-0.2, 0) is 0 Å². The first-order valence-corrected chi connectivity index (χ1v) is 7.54. The van der Waals surface area contributed by atoms with Gasteiger partial charge in [0, 0.05) is 17.0 Å². The number of benzene rings is 1. The smallest absolute Gasteiger partial charge is 0.126 e. The van der Waals surface area contributed by atoms with Crippen molar-refractivity contribution >= 4 is 11.6 Å². The fourth-order valence-corrected chi connectivity index (χ4v) is 3.88. The number of halogens is 1. The molecule has 1 saturated carbocycles. The summed E-state index contributed by atoms with van der Waals surface area (Å²) in [6.07, 6.45) is 3.62. The number of rotatable bonds is 0. The van der Waals surface area contributed by atoms with Gasteiger partial charge in [0.2, 0.25) is 0 Å². The third kappa shape index (κ3) is 2.25. The number of aliphatic hydroxyl groups is 1. The molecule has 0 saturated heterocycles. The average Bonchev–Trinajstić information content (AvgIpc) is 2.36. The molecule has 1 aliphatic carbocycles. The summed E-state index contributed by atoms with van der Waals surface area (Å²) in [7, 11) is 0. The van der Waals surface area contributed by atoms with Gasteiger partial charge in [-0.05, 0) is 49.3 Å². The van der Waals surface area contributed by atoms with E-state index in [1.54, 1.807) is 0 Å². The number of hydrogen-bond acceptors (Lipinski definition) is 2. The van der Waals surface area contributed by atoms with Crippen molar-refractivity contribution in [3.05, 3.63) is 28.8 Å². The monoisotopic (exact) mass is 280 g/mol. The van der Waals surface area contributed by atoms with Crippen LogP contribution in [0.1, 0.15) is 51.2 Å². The lowest BCUT2D eigenvalue weighted by Crippen LogP contribution is -2.49. The van der Waals surface area contributed by atoms with E-state index in [0.29, 0.717) is 17.4 Å². The molecule has 3 unspecified atom stereocenters. The molecule has 3 heteroatoms. The summed E-state index contributed by atoms with van der Waals surface area (Å²) in [5.74, 6) is 2.05. The maximum Gasteiger partial charge on any atom is 0.126 e. The van der Waals surface area contributed by atoms with Crippen molar-refractivity contribution in [2.45, 2.75) is 51.2 Å². The van der Waals surface area contributed by atoms with Crippen LogP contribution in [-0.4, -0.2) is 10.7 Å². The zero-order valence-corrected chi connectivity index (χ0v) is 12.3. The second-order valence-electron chi connectivity index (χ2n) is 6.35. The SMILES string of the molecule is CC1CCC2(C[C@@H](O)c3cc(Cl)ccc3O2)C(C)C1. The van der Waals surface area contributed by atoms with Crippen molar-refractivity contribution in [3.63, 3.8) is 0 Å². The van der Waals surface area contributed by atoms with E-state index >= 15 is 0 Å². The maximum atomic E-state index is 10.4. The molecular formula is C16H21ClO2. The predicted octanol–water partition coefficient (Wildman–Crippen LogP) is 4.35. The zero-order chi connectivity index (χ0) is 13.6. The number of ether oxygens (including phenoxy) is 1. The van der Waals surface area contributed by atoms with Crippen molar-refractivity contribution in [1.82, 2.24) is 0 Å². The van der Waals surface area contributed by atoms with Gasteiger partial charge in [0.25, 0.3) is 0 Å². The standard InChI is InChI=1S/C16H21ClO2/c1-10-5-6-16(11(2)7-10)9-14(18)13-8-12(17)3-4-15(13)19-16/h3-4,8,10-11,14,18H,5-7,9H2,1-2H3/t10?,11?,14-,16?/m1/s1. The minimum atomic E-state index is -0.460. The molecule has 0 radical (unpaired) electrons. The summed E-state index contributed by atoms with van der Waals surface area (Å²) in [6.45, 7) is 4.56. The van der Waals surface area contributed by atoms with Crippen LogP contribution in [0, 0.1) is 11.8 Å². The minimum absolute atomic E-state index is 0.188. The molecule has 1 aromatic carbocycles. The Bertz CT molecular complexity index is 488. The molecule has 1 aromatic rings. The second-order valence-corrected chi connectivity index (χ2v) is 6.79.